The third-order valence-corrected chi connectivity index (χ3v) is 2.28. The van der Waals surface area contributed by atoms with Gasteiger partial charge in [-0.25, -0.2) is 0 Å². The summed E-state index contributed by atoms with van der Waals surface area (Å²) >= 11 is 0. The van der Waals surface area contributed by atoms with Gasteiger partial charge >= 0.3 is 0 Å². The maximum Gasteiger partial charge on any atom is 0.270 e. The van der Waals surface area contributed by atoms with Gasteiger partial charge in [0.05, 0.1) is 4.92 Å². The average Bonchev–Trinajstić information content (AvgIpc) is 2.27. The Bertz CT molecular complexity index is 416. The summed E-state index contributed by atoms with van der Waals surface area (Å²) in [5.41, 5.74) is 0.318. The van der Waals surface area contributed by atoms with E-state index in [1.54, 1.807) is 0 Å². The molecular formula is C11H14N2O3. The summed E-state index contributed by atoms with van der Waals surface area (Å²) in [5.74, 6) is -0.00217. The molecule has 1 aromatic rings. The van der Waals surface area contributed by atoms with Crippen LogP contribution < -0.4 is 0 Å². The molecule has 86 valence electrons. The van der Waals surface area contributed by atoms with Crippen molar-refractivity contribution in [1.82, 2.24) is 0 Å². The van der Waals surface area contributed by atoms with Crippen LogP contribution in [-0.2, 0) is 0 Å². The zero-order valence-electron chi connectivity index (χ0n) is 9.25. The van der Waals surface area contributed by atoms with Crippen molar-refractivity contribution in [3.8, 4) is 5.75 Å². The molecule has 0 bridgehead atoms. The van der Waals surface area contributed by atoms with E-state index < -0.39 is 4.92 Å². The Morgan fingerprint density at radius 2 is 2.31 bits per heavy atom. The molecule has 5 heteroatoms. The van der Waals surface area contributed by atoms with Gasteiger partial charge in [0.15, 0.2) is 0 Å². The summed E-state index contributed by atoms with van der Waals surface area (Å²) in [5, 5.41) is 20.0. The molecule has 0 spiro atoms. The van der Waals surface area contributed by atoms with Crippen LogP contribution in [-0.4, -0.2) is 22.3 Å². The lowest BCUT2D eigenvalue weighted by Gasteiger charge is -2.01. The number of aliphatic imine (C=N–C) groups is 1. The fourth-order valence-corrected chi connectivity index (χ4v) is 1.07. The third-order valence-electron chi connectivity index (χ3n) is 2.28. The molecule has 1 rings (SSSR count). The van der Waals surface area contributed by atoms with Gasteiger partial charge < -0.3 is 5.11 Å². The minimum absolute atomic E-state index is 0.00217. The molecule has 0 aromatic heterocycles. The molecule has 1 aromatic carbocycles. The van der Waals surface area contributed by atoms with Crippen molar-refractivity contribution in [3.05, 3.63) is 33.9 Å². The van der Waals surface area contributed by atoms with Crippen LogP contribution >= 0.6 is 0 Å². The predicted molar refractivity (Wildman–Crippen MR) is 62.1 cm³/mol. The van der Waals surface area contributed by atoms with Crippen molar-refractivity contribution in [2.24, 2.45) is 4.99 Å². The number of nitrogens with zero attached hydrogens (tertiary/aromatic N) is 2. The number of nitro groups is 1. The first-order valence-corrected chi connectivity index (χ1v) is 5.05. The van der Waals surface area contributed by atoms with E-state index in [0.717, 1.165) is 6.42 Å². The first-order chi connectivity index (χ1) is 7.54. The fourth-order valence-electron chi connectivity index (χ4n) is 1.07. The van der Waals surface area contributed by atoms with E-state index in [1.807, 2.05) is 13.8 Å². The standard InChI is InChI=1S/C11H14N2O3/c1-3-8(2)12-7-9-6-10(13(15)16)4-5-11(9)14/h4-8,14H,3H2,1-2H3/t8-/m1/s1. The van der Waals surface area contributed by atoms with Gasteiger partial charge in [-0.3, -0.25) is 15.1 Å². The molecule has 0 radical (unpaired) electrons. The predicted octanol–water partition coefficient (Wildman–Crippen LogP) is 2.52. The highest BCUT2D eigenvalue weighted by molar-refractivity contribution is 5.84. The summed E-state index contributed by atoms with van der Waals surface area (Å²) in [6.07, 6.45) is 2.35. The molecule has 0 fully saturated rings. The summed E-state index contributed by atoms with van der Waals surface area (Å²) < 4.78 is 0. The number of hydrogen-bond acceptors (Lipinski definition) is 4. The molecule has 0 amide bonds. The lowest BCUT2D eigenvalue weighted by Crippen LogP contribution is -1.96. The highest BCUT2D eigenvalue weighted by Gasteiger charge is 2.08. The largest absolute Gasteiger partial charge is 0.507 e. The Hall–Kier alpha value is -1.91. The highest BCUT2D eigenvalue weighted by Crippen LogP contribution is 2.21. The quantitative estimate of drug-likeness (QED) is 0.483. The molecule has 5 nitrogen and oxygen atoms in total. The molecule has 0 aliphatic carbocycles. The molecule has 1 N–H and O–H groups in total. The first kappa shape index (κ1) is 12.2. The molecule has 0 aliphatic heterocycles. The zero-order valence-corrected chi connectivity index (χ0v) is 9.25. The number of aromatic hydroxyl groups is 1. The molecule has 1 atom stereocenters. The zero-order chi connectivity index (χ0) is 12.1. The number of rotatable bonds is 4. The average molecular weight is 222 g/mol. The monoisotopic (exact) mass is 222 g/mol. The van der Waals surface area contributed by atoms with Gasteiger partial charge in [-0.15, -0.1) is 0 Å². The van der Waals surface area contributed by atoms with Crippen molar-refractivity contribution in [2.45, 2.75) is 26.3 Å². The molecule has 0 saturated heterocycles. The molecule has 0 heterocycles. The van der Waals surface area contributed by atoms with Gasteiger partial charge in [0.25, 0.3) is 5.69 Å². The molecule has 0 saturated carbocycles. The van der Waals surface area contributed by atoms with Crippen LogP contribution in [0.2, 0.25) is 0 Å². The lowest BCUT2D eigenvalue weighted by molar-refractivity contribution is -0.384. The third kappa shape index (κ3) is 3.05. The second kappa shape index (κ2) is 5.25. The summed E-state index contributed by atoms with van der Waals surface area (Å²) in [7, 11) is 0. The molecule has 0 unspecified atom stereocenters. The Kier molecular flexibility index (Phi) is 3.99. The molecule has 16 heavy (non-hydrogen) atoms. The van der Waals surface area contributed by atoms with E-state index in [4.69, 9.17) is 0 Å². The van der Waals surface area contributed by atoms with Crippen LogP contribution in [0.15, 0.2) is 23.2 Å². The van der Waals surface area contributed by atoms with E-state index in [-0.39, 0.29) is 17.5 Å². The van der Waals surface area contributed by atoms with E-state index in [9.17, 15) is 15.2 Å². The van der Waals surface area contributed by atoms with E-state index in [1.165, 1.54) is 24.4 Å². The van der Waals surface area contributed by atoms with Gasteiger partial charge in [-0.1, -0.05) is 6.92 Å². The Balaban J connectivity index is 2.98. The van der Waals surface area contributed by atoms with Crippen molar-refractivity contribution in [3.63, 3.8) is 0 Å². The first-order valence-electron chi connectivity index (χ1n) is 5.05. The minimum Gasteiger partial charge on any atom is -0.507 e. The topological polar surface area (TPSA) is 75.7 Å². The van der Waals surface area contributed by atoms with Gasteiger partial charge in [-0.2, -0.15) is 0 Å². The van der Waals surface area contributed by atoms with Crippen LogP contribution in [0.3, 0.4) is 0 Å². The van der Waals surface area contributed by atoms with Crippen LogP contribution in [0.25, 0.3) is 0 Å². The fraction of sp³-hybridized carbons (Fsp3) is 0.364. The van der Waals surface area contributed by atoms with Crippen molar-refractivity contribution < 1.29 is 10.0 Å². The van der Waals surface area contributed by atoms with E-state index in [0.29, 0.717) is 5.56 Å². The summed E-state index contributed by atoms with van der Waals surface area (Å²) in [6.45, 7) is 3.93. The molecule has 0 aliphatic rings. The number of benzene rings is 1. The Labute approximate surface area is 93.6 Å². The van der Waals surface area contributed by atoms with E-state index >= 15 is 0 Å². The number of phenolic OH excluding ortho intramolecular Hbond substituents is 1. The Morgan fingerprint density at radius 3 is 2.88 bits per heavy atom. The van der Waals surface area contributed by atoms with Gasteiger partial charge in [0.2, 0.25) is 0 Å². The van der Waals surface area contributed by atoms with E-state index in [2.05, 4.69) is 4.99 Å². The SMILES string of the molecule is CC[C@@H](C)N=Cc1cc([N+](=O)[O-])ccc1O. The van der Waals surface area contributed by atoms with Gasteiger partial charge in [0, 0.05) is 30.0 Å². The van der Waals surface area contributed by atoms with Crippen LogP contribution in [0.1, 0.15) is 25.8 Å². The maximum atomic E-state index is 10.5. The summed E-state index contributed by atoms with van der Waals surface area (Å²) in [4.78, 5) is 14.2. The second-order valence-corrected chi connectivity index (χ2v) is 3.54. The number of nitro benzene ring substituents is 1. The number of phenols is 1. The smallest absolute Gasteiger partial charge is 0.270 e. The molecular weight excluding hydrogens is 208 g/mol. The minimum atomic E-state index is -0.500. The van der Waals surface area contributed by atoms with Crippen LogP contribution in [0, 0.1) is 10.1 Å². The van der Waals surface area contributed by atoms with Crippen molar-refractivity contribution >= 4 is 11.9 Å². The van der Waals surface area contributed by atoms with Crippen LogP contribution in [0.5, 0.6) is 5.75 Å². The Morgan fingerprint density at radius 1 is 1.62 bits per heavy atom. The second-order valence-electron chi connectivity index (χ2n) is 3.54. The van der Waals surface area contributed by atoms with Crippen LogP contribution in [0.4, 0.5) is 5.69 Å². The lowest BCUT2D eigenvalue weighted by atomic mass is 10.2. The van der Waals surface area contributed by atoms with Crippen molar-refractivity contribution in [1.29, 1.82) is 0 Å². The number of hydrogen-bond donors (Lipinski definition) is 1. The summed E-state index contributed by atoms with van der Waals surface area (Å²) in [6, 6.07) is 4.01. The van der Waals surface area contributed by atoms with Crippen molar-refractivity contribution in [2.75, 3.05) is 0 Å². The highest BCUT2D eigenvalue weighted by atomic mass is 16.6. The maximum absolute atomic E-state index is 10.5. The van der Waals surface area contributed by atoms with Gasteiger partial charge in [0.1, 0.15) is 5.75 Å². The normalized spacial score (nSPS) is 12.9. The van der Waals surface area contributed by atoms with Gasteiger partial charge in [-0.05, 0) is 19.4 Å². The number of non-ortho nitro benzene ring substituents is 1.